The van der Waals surface area contributed by atoms with Crippen LogP contribution in [0.15, 0.2) is 79.0 Å². The van der Waals surface area contributed by atoms with Gasteiger partial charge in [-0.2, -0.15) is 0 Å². The summed E-state index contributed by atoms with van der Waals surface area (Å²) < 4.78 is 19.8. The third kappa shape index (κ3) is 4.44. The van der Waals surface area contributed by atoms with Crippen molar-refractivity contribution in [3.05, 3.63) is 102 Å². The van der Waals surface area contributed by atoms with Crippen LogP contribution >= 0.6 is 0 Å². The summed E-state index contributed by atoms with van der Waals surface area (Å²) in [5.41, 5.74) is 3.71. The Labute approximate surface area is 226 Å². The number of fused-ring (bicyclic) bond motifs is 2. The molecule has 39 heavy (non-hydrogen) atoms. The molecule has 3 heterocycles. The number of benzene rings is 3. The highest BCUT2D eigenvalue weighted by Gasteiger charge is 2.46. The number of aromatic amines is 1. The van der Waals surface area contributed by atoms with E-state index in [4.69, 9.17) is 4.74 Å². The summed E-state index contributed by atoms with van der Waals surface area (Å²) in [7, 11) is 1.61. The van der Waals surface area contributed by atoms with Crippen molar-refractivity contribution in [2.24, 2.45) is 0 Å². The number of nitrogens with one attached hydrogen (secondary N) is 1. The smallest absolute Gasteiger partial charge is 0.254 e. The van der Waals surface area contributed by atoms with Crippen molar-refractivity contribution < 1.29 is 18.7 Å². The van der Waals surface area contributed by atoms with Gasteiger partial charge in [0.15, 0.2) is 0 Å². The second kappa shape index (κ2) is 10.5. The number of aromatic nitrogens is 1. The molecule has 0 saturated carbocycles. The Hall–Kier alpha value is -4.17. The summed E-state index contributed by atoms with van der Waals surface area (Å²) in [6.45, 7) is 2.72. The van der Waals surface area contributed by atoms with Crippen LogP contribution in [0.25, 0.3) is 10.9 Å². The van der Waals surface area contributed by atoms with Gasteiger partial charge in [0.2, 0.25) is 5.91 Å². The first-order valence-electron chi connectivity index (χ1n) is 13.3. The highest BCUT2D eigenvalue weighted by molar-refractivity contribution is 6.02. The molecule has 2 amide bonds. The monoisotopic (exact) mass is 526 g/mol. The minimum Gasteiger partial charge on any atom is -0.383 e. The first kappa shape index (κ1) is 25.1. The Bertz CT molecular complexity index is 1510. The average molecular weight is 527 g/mol. The van der Waals surface area contributed by atoms with E-state index in [2.05, 4.69) is 4.98 Å². The molecule has 8 heteroatoms. The molecular formula is C31H31FN4O3. The van der Waals surface area contributed by atoms with Gasteiger partial charge in [-0.1, -0.05) is 48.5 Å². The maximum Gasteiger partial charge on any atom is 0.254 e. The minimum absolute atomic E-state index is 0.0270. The van der Waals surface area contributed by atoms with E-state index in [-0.39, 0.29) is 17.6 Å². The molecule has 7 nitrogen and oxygen atoms in total. The molecule has 1 aromatic heterocycles. The molecule has 3 aromatic carbocycles. The average Bonchev–Trinajstić information content (AvgIpc) is 3.40. The largest absolute Gasteiger partial charge is 0.383 e. The molecule has 0 aliphatic carbocycles. The maximum atomic E-state index is 14.4. The van der Waals surface area contributed by atoms with E-state index in [1.807, 2.05) is 64.5 Å². The summed E-state index contributed by atoms with van der Waals surface area (Å²) in [4.78, 5) is 37.3. The van der Waals surface area contributed by atoms with Gasteiger partial charge in [-0.25, -0.2) is 4.39 Å². The molecule has 2 aliphatic rings. The standard InChI is InChI=1S/C31H31FN4O3/c1-39-19-18-36-29(24-20-33-26-12-6-4-8-21(24)26)28(22-9-2-3-10-23(22)30(36)37)31(38)35-16-14-34(15-17-35)27-13-7-5-11-25(27)32/h2-13,20,28-29,33H,14-19H2,1H3. The van der Waals surface area contributed by atoms with Crippen molar-refractivity contribution >= 4 is 28.4 Å². The Balaban J connectivity index is 1.39. The van der Waals surface area contributed by atoms with Crippen LogP contribution in [0.5, 0.6) is 0 Å². The molecule has 0 spiro atoms. The topological polar surface area (TPSA) is 68.9 Å². The molecule has 1 N–H and O–H groups in total. The second-order valence-corrected chi connectivity index (χ2v) is 10.1. The fourth-order valence-corrected chi connectivity index (χ4v) is 6.05. The van der Waals surface area contributed by atoms with Gasteiger partial charge in [0.1, 0.15) is 5.82 Å². The van der Waals surface area contributed by atoms with E-state index in [0.717, 1.165) is 22.0 Å². The van der Waals surface area contributed by atoms with Gasteiger partial charge in [0.25, 0.3) is 5.91 Å². The number of H-pyrrole nitrogens is 1. The zero-order valence-corrected chi connectivity index (χ0v) is 21.8. The number of amides is 2. The number of anilines is 1. The molecular weight excluding hydrogens is 495 g/mol. The molecule has 1 saturated heterocycles. The van der Waals surface area contributed by atoms with E-state index in [1.54, 1.807) is 30.2 Å². The third-order valence-corrected chi connectivity index (χ3v) is 7.97. The highest BCUT2D eigenvalue weighted by atomic mass is 19.1. The Morgan fingerprint density at radius 3 is 2.46 bits per heavy atom. The van der Waals surface area contributed by atoms with Crippen molar-refractivity contribution in [1.29, 1.82) is 0 Å². The van der Waals surface area contributed by atoms with Crippen molar-refractivity contribution in [3.63, 3.8) is 0 Å². The van der Waals surface area contributed by atoms with Crippen molar-refractivity contribution in [3.8, 4) is 0 Å². The summed E-state index contributed by atoms with van der Waals surface area (Å²) in [6.07, 6.45) is 1.92. The van der Waals surface area contributed by atoms with Crippen LogP contribution in [-0.4, -0.2) is 73.0 Å². The normalized spacial score (nSPS) is 19.4. The van der Waals surface area contributed by atoms with Gasteiger partial charge in [-0.3, -0.25) is 9.59 Å². The number of halogens is 1. The van der Waals surface area contributed by atoms with Crippen LogP contribution in [0.1, 0.15) is 33.4 Å². The molecule has 4 aromatic rings. The molecule has 0 radical (unpaired) electrons. The molecule has 0 bridgehead atoms. The SMILES string of the molecule is COCCN1C(=O)c2ccccc2C(C(=O)N2CCN(c3ccccc3F)CC2)C1c1c[nH]c2ccccc12. The van der Waals surface area contributed by atoms with Crippen LogP contribution in [0.2, 0.25) is 0 Å². The molecule has 2 unspecified atom stereocenters. The second-order valence-electron chi connectivity index (χ2n) is 10.1. The molecule has 200 valence electrons. The minimum atomic E-state index is -0.588. The lowest BCUT2D eigenvalue weighted by molar-refractivity contribution is -0.135. The predicted octanol–water partition coefficient (Wildman–Crippen LogP) is 4.58. The van der Waals surface area contributed by atoms with Gasteiger partial charge in [-0.15, -0.1) is 0 Å². The number of piperazine rings is 1. The fraction of sp³-hybridized carbons (Fsp3) is 0.290. The number of nitrogens with zero attached hydrogens (tertiary/aromatic N) is 3. The fourth-order valence-electron chi connectivity index (χ4n) is 6.05. The van der Waals surface area contributed by atoms with Crippen molar-refractivity contribution in [2.45, 2.75) is 12.0 Å². The van der Waals surface area contributed by atoms with Gasteiger partial charge in [-0.05, 0) is 29.8 Å². The van der Waals surface area contributed by atoms with E-state index >= 15 is 0 Å². The lowest BCUT2D eigenvalue weighted by atomic mass is 9.78. The molecule has 2 atom stereocenters. The number of carbonyl (C=O) groups excluding carboxylic acids is 2. The zero-order valence-electron chi connectivity index (χ0n) is 21.8. The van der Waals surface area contributed by atoms with Crippen molar-refractivity contribution in [2.75, 3.05) is 51.3 Å². The number of rotatable bonds is 6. The number of ether oxygens (including phenoxy) is 1. The van der Waals surface area contributed by atoms with Crippen molar-refractivity contribution in [1.82, 2.24) is 14.8 Å². The van der Waals surface area contributed by atoms with E-state index in [0.29, 0.717) is 50.6 Å². The predicted molar refractivity (Wildman–Crippen MR) is 148 cm³/mol. The first-order valence-corrected chi connectivity index (χ1v) is 13.3. The Morgan fingerprint density at radius 1 is 0.949 bits per heavy atom. The van der Waals surface area contributed by atoms with Gasteiger partial charge >= 0.3 is 0 Å². The van der Waals surface area contributed by atoms with E-state index in [1.165, 1.54) is 6.07 Å². The van der Waals surface area contributed by atoms with Crippen LogP contribution in [0, 0.1) is 5.82 Å². The summed E-state index contributed by atoms with van der Waals surface area (Å²) in [5, 5.41) is 0.985. The van der Waals surface area contributed by atoms with Crippen LogP contribution in [0.3, 0.4) is 0 Å². The number of para-hydroxylation sites is 2. The molecule has 2 aliphatic heterocycles. The lowest BCUT2D eigenvalue weighted by Gasteiger charge is -2.44. The van der Waals surface area contributed by atoms with Crippen LogP contribution in [-0.2, 0) is 9.53 Å². The molecule has 1 fully saturated rings. The third-order valence-electron chi connectivity index (χ3n) is 7.97. The first-order chi connectivity index (χ1) is 19.1. The number of methoxy groups -OCH3 is 1. The molecule has 6 rings (SSSR count). The lowest BCUT2D eigenvalue weighted by Crippen LogP contribution is -2.54. The van der Waals surface area contributed by atoms with Gasteiger partial charge < -0.3 is 24.4 Å². The quantitative estimate of drug-likeness (QED) is 0.399. The maximum absolute atomic E-state index is 14.4. The summed E-state index contributed by atoms with van der Waals surface area (Å²) in [5.74, 6) is -0.979. The number of carbonyl (C=O) groups is 2. The Kier molecular flexibility index (Phi) is 6.79. The van der Waals surface area contributed by atoms with Crippen LogP contribution in [0.4, 0.5) is 10.1 Å². The van der Waals surface area contributed by atoms with E-state index < -0.39 is 12.0 Å². The highest BCUT2D eigenvalue weighted by Crippen LogP contribution is 2.45. The Morgan fingerprint density at radius 2 is 1.67 bits per heavy atom. The zero-order chi connectivity index (χ0) is 26.9. The summed E-state index contributed by atoms with van der Waals surface area (Å²) in [6, 6.07) is 21.6. The number of hydrogen-bond acceptors (Lipinski definition) is 4. The summed E-state index contributed by atoms with van der Waals surface area (Å²) >= 11 is 0. The van der Waals surface area contributed by atoms with Crippen LogP contribution < -0.4 is 4.90 Å². The van der Waals surface area contributed by atoms with Gasteiger partial charge in [0.05, 0.1) is 24.3 Å². The van der Waals surface area contributed by atoms with E-state index in [9.17, 15) is 14.0 Å². The number of hydrogen-bond donors (Lipinski definition) is 1. The van der Waals surface area contributed by atoms with Gasteiger partial charge in [0, 0.05) is 68.1 Å².